The number of rotatable bonds is 4. The summed E-state index contributed by atoms with van der Waals surface area (Å²) in [5.74, 6) is -2.45. The fourth-order valence-electron chi connectivity index (χ4n) is 1.91. The molecule has 0 radical (unpaired) electrons. The van der Waals surface area contributed by atoms with Gasteiger partial charge in [0.2, 0.25) is 0 Å². The van der Waals surface area contributed by atoms with Crippen molar-refractivity contribution < 1.29 is 24.2 Å². The molecule has 0 fully saturated rings. The van der Waals surface area contributed by atoms with Crippen molar-refractivity contribution in [3.8, 4) is 0 Å². The molecule has 0 bridgehead atoms. The first-order valence-electron chi connectivity index (χ1n) is 7.58. The number of carbonyl (C=O) groups is 2. The van der Waals surface area contributed by atoms with Crippen molar-refractivity contribution in [3.63, 3.8) is 0 Å². The van der Waals surface area contributed by atoms with Crippen molar-refractivity contribution in [1.29, 1.82) is 0 Å². The average molecular weight is 322 g/mol. The van der Waals surface area contributed by atoms with Gasteiger partial charge in [0.15, 0.2) is 5.92 Å². The fourth-order valence-corrected chi connectivity index (χ4v) is 1.91. The van der Waals surface area contributed by atoms with Gasteiger partial charge in [-0.15, -0.1) is 0 Å². The molecule has 0 aliphatic rings. The zero-order valence-corrected chi connectivity index (χ0v) is 14.7. The molecular formula is C18H26O5. The molecule has 128 valence electrons. The molecule has 1 N–H and O–H groups in total. The van der Waals surface area contributed by atoms with E-state index in [4.69, 9.17) is 14.6 Å². The highest BCUT2D eigenvalue weighted by atomic mass is 16.6. The molecule has 0 amide bonds. The fraction of sp³-hybridized carbons (Fsp3) is 0.556. The van der Waals surface area contributed by atoms with Gasteiger partial charge in [0.25, 0.3) is 0 Å². The molecule has 23 heavy (non-hydrogen) atoms. The summed E-state index contributed by atoms with van der Waals surface area (Å²) < 4.78 is 10.7. The largest absolute Gasteiger partial charge is 0.459 e. The van der Waals surface area contributed by atoms with Crippen LogP contribution in [0, 0.1) is 0 Å². The Kier molecular flexibility index (Phi) is 5.94. The van der Waals surface area contributed by atoms with Crippen LogP contribution in [-0.4, -0.2) is 28.2 Å². The first-order valence-corrected chi connectivity index (χ1v) is 7.58. The molecule has 0 aliphatic carbocycles. The zero-order valence-electron chi connectivity index (χ0n) is 14.7. The van der Waals surface area contributed by atoms with Gasteiger partial charge >= 0.3 is 11.9 Å². The van der Waals surface area contributed by atoms with Gasteiger partial charge in [0.1, 0.15) is 11.2 Å². The quantitative estimate of drug-likeness (QED) is 0.681. The molecule has 0 aliphatic heterocycles. The highest BCUT2D eigenvalue weighted by Crippen LogP contribution is 2.25. The highest BCUT2D eigenvalue weighted by molar-refractivity contribution is 6.01. The molecule has 1 aromatic carbocycles. The Labute approximate surface area is 137 Å². The van der Waals surface area contributed by atoms with E-state index in [1.165, 1.54) is 0 Å². The van der Waals surface area contributed by atoms with Crippen molar-refractivity contribution >= 4 is 11.9 Å². The predicted molar refractivity (Wildman–Crippen MR) is 86.8 cm³/mol. The van der Waals surface area contributed by atoms with Crippen LogP contribution in [0.25, 0.3) is 0 Å². The smallest absolute Gasteiger partial charge is 0.325 e. The van der Waals surface area contributed by atoms with Crippen molar-refractivity contribution in [3.05, 3.63) is 35.4 Å². The van der Waals surface area contributed by atoms with E-state index in [2.05, 4.69) is 0 Å². The van der Waals surface area contributed by atoms with Crippen molar-refractivity contribution in [2.45, 2.75) is 65.3 Å². The van der Waals surface area contributed by atoms with Crippen LogP contribution in [0.2, 0.25) is 0 Å². The molecule has 0 saturated carbocycles. The summed E-state index contributed by atoms with van der Waals surface area (Å²) in [5, 5.41) is 9.11. The Morgan fingerprint density at radius 2 is 1.30 bits per heavy atom. The van der Waals surface area contributed by atoms with E-state index < -0.39 is 29.1 Å². The van der Waals surface area contributed by atoms with Gasteiger partial charge in [-0.05, 0) is 52.7 Å². The van der Waals surface area contributed by atoms with E-state index in [9.17, 15) is 9.59 Å². The number of aliphatic hydroxyl groups excluding tert-OH is 1. The third-order valence-electron chi connectivity index (χ3n) is 2.78. The number of hydrogen-bond donors (Lipinski definition) is 1. The summed E-state index contributed by atoms with van der Waals surface area (Å²) in [7, 11) is 0. The maximum atomic E-state index is 12.5. The predicted octanol–water partition coefficient (Wildman–Crippen LogP) is 2.95. The number of esters is 2. The highest BCUT2D eigenvalue weighted by Gasteiger charge is 2.36. The van der Waals surface area contributed by atoms with Gasteiger partial charge in [-0.3, -0.25) is 9.59 Å². The third kappa shape index (κ3) is 6.40. The third-order valence-corrected chi connectivity index (χ3v) is 2.78. The Hall–Kier alpha value is -1.88. The van der Waals surface area contributed by atoms with Crippen LogP contribution in [-0.2, 0) is 25.7 Å². The van der Waals surface area contributed by atoms with Crippen LogP contribution < -0.4 is 0 Å². The normalized spacial score (nSPS) is 12.2. The minimum absolute atomic E-state index is 0.107. The lowest BCUT2D eigenvalue weighted by Gasteiger charge is -2.26. The summed E-state index contributed by atoms with van der Waals surface area (Å²) in [6.45, 7) is 10.3. The second kappa shape index (κ2) is 7.13. The molecule has 1 rings (SSSR count). The molecular weight excluding hydrogens is 296 g/mol. The van der Waals surface area contributed by atoms with Gasteiger partial charge in [0, 0.05) is 0 Å². The number of benzene rings is 1. The first-order chi connectivity index (χ1) is 10.4. The zero-order chi connectivity index (χ0) is 17.8. The van der Waals surface area contributed by atoms with Crippen molar-refractivity contribution in [1.82, 2.24) is 0 Å². The van der Waals surface area contributed by atoms with Crippen LogP contribution in [0.15, 0.2) is 24.3 Å². The minimum atomic E-state index is -1.15. The van der Waals surface area contributed by atoms with E-state index in [1.54, 1.807) is 65.8 Å². The van der Waals surface area contributed by atoms with Gasteiger partial charge in [-0.1, -0.05) is 24.3 Å². The van der Waals surface area contributed by atoms with Crippen LogP contribution in [0.4, 0.5) is 0 Å². The van der Waals surface area contributed by atoms with Crippen molar-refractivity contribution in [2.24, 2.45) is 0 Å². The summed E-state index contributed by atoms with van der Waals surface area (Å²) in [6, 6.07) is 6.59. The molecule has 0 heterocycles. The number of ether oxygens (including phenoxy) is 2. The Morgan fingerprint density at radius 1 is 0.913 bits per heavy atom. The monoisotopic (exact) mass is 322 g/mol. The van der Waals surface area contributed by atoms with E-state index >= 15 is 0 Å². The lowest BCUT2D eigenvalue weighted by atomic mass is 9.97. The minimum Gasteiger partial charge on any atom is -0.459 e. The summed E-state index contributed by atoms with van der Waals surface area (Å²) in [5.41, 5.74) is -0.239. The van der Waals surface area contributed by atoms with Crippen LogP contribution in [0.5, 0.6) is 0 Å². The Balaban J connectivity index is 3.14. The average Bonchev–Trinajstić information content (AvgIpc) is 2.35. The lowest BCUT2D eigenvalue weighted by Crippen LogP contribution is -2.35. The van der Waals surface area contributed by atoms with Crippen LogP contribution >= 0.6 is 0 Å². The van der Waals surface area contributed by atoms with Gasteiger partial charge < -0.3 is 14.6 Å². The molecule has 0 saturated heterocycles. The van der Waals surface area contributed by atoms with Gasteiger partial charge in [0.05, 0.1) is 6.61 Å². The number of carbonyl (C=O) groups excluding carboxylic acids is 2. The number of aliphatic hydroxyl groups is 1. The molecule has 1 aromatic rings. The standard InChI is InChI=1S/C18H26O5/c1-17(2,3)22-15(20)14(16(21)23-18(4,5)6)13-9-7-12(11-19)8-10-13/h7-10,14,19H,11H2,1-6H3. The maximum absolute atomic E-state index is 12.5. The topological polar surface area (TPSA) is 72.8 Å². The molecule has 0 aromatic heterocycles. The Bertz CT molecular complexity index is 518. The summed E-state index contributed by atoms with van der Waals surface area (Å²) in [4.78, 5) is 24.9. The summed E-state index contributed by atoms with van der Waals surface area (Å²) in [6.07, 6.45) is 0. The van der Waals surface area contributed by atoms with E-state index in [0.29, 0.717) is 11.1 Å². The van der Waals surface area contributed by atoms with Crippen molar-refractivity contribution in [2.75, 3.05) is 0 Å². The second-order valence-electron chi connectivity index (χ2n) is 7.40. The summed E-state index contributed by atoms with van der Waals surface area (Å²) >= 11 is 0. The second-order valence-corrected chi connectivity index (χ2v) is 7.40. The van der Waals surface area contributed by atoms with Gasteiger partial charge in [-0.2, -0.15) is 0 Å². The SMILES string of the molecule is CC(C)(C)OC(=O)C(C(=O)OC(C)(C)C)c1ccc(CO)cc1. The maximum Gasteiger partial charge on any atom is 0.325 e. The van der Waals surface area contributed by atoms with E-state index in [-0.39, 0.29) is 6.61 Å². The molecule has 5 nitrogen and oxygen atoms in total. The van der Waals surface area contributed by atoms with E-state index in [0.717, 1.165) is 0 Å². The Morgan fingerprint density at radius 3 is 1.61 bits per heavy atom. The molecule has 0 unspecified atom stereocenters. The molecule has 5 heteroatoms. The number of hydrogen-bond acceptors (Lipinski definition) is 5. The molecule has 0 atom stereocenters. The van der Waals surface area contributed by atoms with Crippen LogP contribution in [0.3, 0.4) is 0 Å². The van der Waals surface area contributed by atoms with E-state index in [1.807, 2.05) is 0 Å². The first kappa shape index (κ1) is 19.2. The molecule has 0 spiro atoms. The lowest BCUT2D eigenvalue weighted by molar-refractivity contribution is -0.169. The van der Waals surface area contributed by atoms with Crippen LogP contribution in [0.1, 0.15) is 58.6 Å². The van der Waals surface area contributed by atoms with Gasteiger partial charge in [-0.25, -0.2) is 0 Å².